The molecule has 1 atom stereocenters. The number of aryl methyl sites for hydroxylation is 1. The van der Waals surface area contributed by atoms with Gasteiger partial charge in [0.05, 0.1) is 18.5 Å². The first-order valence-corrected chi connectivity index (χ1v) is 7.40. The average molecular weight is 295 g/mol. The van der Waals surface area contributed by atoms with E-state index in [0.717, 1.165) is 24.5 Å². The summed E-state index contributed by atoms with van der Waals surface area (Å²) in [6, 6.07) is 10.4. The Labute approximate surface area is 128 Å². The smallest absolute Gasteiger partial charge is 0.181 e. The van der Waals surface area contributed by atoms with E-state index in [1.165, 1.54) is 10.9 Å². The van der Waals surface area contributed by atoms with Crippen LogP contribution in [-0.4, -0.2) is 39.4 Å². The largest absolute Gasteiger partial charge is 0.367 e. The number of ether oxygens (including phenoxy) is 1. The molecule has 0 radical (unpaired) electrons. The minimum absolute atomic E-state index is 0.129. The van der Waals surface area contributed by atoms with Gasteiger partial charge in [0.25, 0.3) is 0 Å². The van der Waals surface area contributed by atoms with Crippen LogP contribution in [0.2, 0.25) is 0 Å². The first-order chi connectivity index (χ1) is 10.8. The van der Waals surface area contributed by atoms with E-state index in [0.29, 0.717) is 12.4 Å². The van der Waals surface area contributed by atoms with Crippen LogP contribution in [0.15, 0.2) is 36.5 Å². The zero-order valence-electron chi connectivity index (χ0n) is 12.4. The Bertz CT molecular complexity index is 807. The molecule has 6 heteroatoms. The third-order valence-electron chi connectivity index (χ3n) is 4.00. The number of hydrogen-bond donors (Lipinski definition) is 1. The van der Waals surface area contributed by atoms with Crippen molar-refractivity contribution in [1.82, 2.24) is 25.1 Å². The maximum absolute atomic E-state index is 5.71. The molecule has 1 unspecified atom stereocenters. The topological polar surface area (TPSA) is 64.9 Å². The highest BCUT2D eigenvalue weighted by Gasteiger charge is 2.20. The van der Waals surface area contributed by atoms with Crippen molar-refractivity contribution in [2.24, 2.45) is 7.05 Å². The second-order valence-corrected chi connectivity index (χ2v) is 5.41. The lowest BCUT2D eigenvalue weighted by Gasteiger charge is -2.22. The molecular formula is C16H17N5O. The van der Waals surface area contributed by atoms with Crippen LogP contribution in [0.25, 0.3) is 22.3 Å². The van der Waals surface area contributed by atoms with Gasteiger partial charge in [0.2, 0.25) is 0 Å². The number of nitrogens with zero attached hydrogens (tertiary/aromatic N) is 4. The summed E-state index contributed by atoms with van der Waals surface area (Å²) < 4.78 is 7.84. The van der Waals surface area contributed by atoms with E-state index in [1.807, 2.05) is 19.2 Å². The average Bonchev–Trinajstić information content (AvgIpc) is 2.93. The van der Waals surface area contributed by atoms with Gasteiger partial charge in [-0.05, 0) is 12.1 Å². The van der Waals surface area contributed by atoms with E-state index in [9.17, 15) is 0 Å². The van der Waals surface area contributed by atoms with E-state index in [4.69, 9.17) is 4.74 Å². The fourth-order valence-electron chi connectivity index (χ4n) is 2.84. The van der Waals surface area contributed by atoms with E-state index in [1.54, 1.807) is 6.20 Å². The van der Waals surface area contributed by atoms with Crippen LogP contribution < -0.4 is 5.32 Å². The standard InChI is InChI=1S/C16H17N5O/c1-21-13-5-3-2-4-11(13)8-14(21)12-9-18-20-16(19-12)15-10-17-6-7-22-15/h2-5,8-9,15,17H,6-7,10H2,1H3. The van der Waals surface area contributed by atoms with E-state index < -0.39 is 0 Å². The van der Waals surface area contributed by atoms with Crippen LogP contribution in [0.1, 0.15) is 11.9 Å². The summed E-state index contributed by atoms with van der Waals surface area (Å²) in [5.74, 6) is 0.634. The molecule has 0 amide bonds. The van der Waals surface area contributed by atoms with Crippen LogP contribution in [-0.2, 0) is 11.8 Å². The summed E-state index contributed by atoms with van der Waals surface area (Å²) in [5.41, 5.74) is 3.02. The maximum Gasteiger partial charge on any atom is 0.181 e. The molecule has 1 fully saturated rings. The van der Waals surface area contributed by atoms with Gasteiger partial charge >= 0.3 is 0 Å². The number of benzene rings is 1. The highest BCUT2D eigenvalue weighted by atomic mass is 16.5. The second kappa shape index (κ2) is 5.47. The molecule has 1 saturated heterocycles. The summed E-state index contributed by atoms with van der Waals surface area (Å²) in [4.78, 5) is 4.66. The number of rotatable bonds is 2. The fraction of sp³-hybridized carbons (Fsp3) is 0.312. The monoisotopic (exact) mass is 295 g/mol. The SMILES string of the molecule is Cn1c(-c2cnnc(C3CNCCO3)n2)cc2ccccc21. The number of para-hydroxylation sites is 1. The van der Waals surface area contributed by atoms with Gasteiger partial charge in [-0.15, -0.1) is 5.10 Å². The van der Waals surface area contributed by atoms with Gasteiger partial charge in [-0.2, -0.15) is 5.10 Å². The lowest BCUT2D eigenvalue weighted by Crippen LogP contribution is -2.34. The van der Waals surface area contributed by atoms with Crippen LogP contribution in [0.3, 0.4) is 0 Å². The summed E-state index contributed by atoms with van der Waals surface area (Å²) in [6.45, 7) is 2.26. The molecule has 1 aliphatic heterocycles. The molecule has 1 aromatic carbocycles. The predicted molar refractivity (Wildman–Crippen MR) is 83.3 cm³/mol. The van der Waals surface area contributed by atoms with Crippen molar-refractivity contribution in [3.8, 4) is 11.4 Å². The molecular weight excluding hydrogens is 278 g/mol. The number of hydrogen-bond acceptors (Lipinski definition) is 5. The first-order valence-electron chi connectivity index (χ1n) is 7.40. The third kappa shape index (κ3) is 2.26. The number of morpholine rings is 1. The molecule has 0 saturated carbocycles. The van der Waals surface area contributed by atoms with Crippen molar-refractivity contribution in [3.05, 3.63) is 42.4 Å². The number of aromatic nitrogens is 4. The molecule has 0 spiro atoms. The minimum Gasteiger partial charge on any atom is -0.367 e. The quantitative estimate of drug-likeness (QED) is 0.779. The van der Waals surface area contributed by atoms with Gasteiger partial charge in [0.15, 0.2) is 5.82 Å². The van der Waals surface area contributed by atoms with Gasteiger partial charge in [0, 0.05) is 31.0 Å². The minimum atomic E-state index is -0.129. The number of fused-ring (bicyclic) bond motifs is 1. The van der Waals surface area contributed by atoms with E-state index in [2.05, 4.69) is 43.3 Å². The maximum atomic E-state index is 5.71. The summed E-state index contributed by atoms with van der Waals surface area (Å²) >= 11 is 0. The molecule has 3 heterocycles. The van der Waals surface area contributed by atoms with Crippen LogP contribution in [0, 0.1) is 0 Å². The highest BCUT2D eigenvalue weighted by molar-refractivity contribution is 5.86. The van der Waals surface area contributed by atoms with Crippen LogP contribution >= 0.6 is 0 Å². The molecule has 22 heavy (non-hydrogen) atoms. The molecule has 6 nitrogen and oxygen atoms in total. The van der Waals surface area contributed by atoms with Gasteiger partial charge < -0.3 is 14.6 Å². The van der Waals surface area contributed by atoms with Crippen LogP contribution in [0.4, 0.5) is 0 Å². The lowest BCUT2D eigenvalue weighted by molar-refractivity contribution is 0.0215. The fourth-order valence-corrected chi connectivity index (χ4v) is 2.84. The molecule has 0 aliphatic carbocycles. The van der Waals surface area contributed by atoms with Crippen molar-refractivity contribution in [2.75, 3.05) is 19.7 Å². The van der Waals surface area contributed by atoms with Gasteiger partial charge in [-0.3, -0.25) is 0 Å². The summed E-state index contributed by atoms with van der Waals surface area (Å²) in [7, 11) is 2.04. The molecule has 1 N–H and O–H groups in total. The summed E-state index contributed by atoms with van der Waals surface area (Å²) in [5, 5.41) is 12.7. The van der Waals surface area contributed by atoms with Crippen molar-refractivity contribution in [1.29, 1.82) is 0 Å². The summed E-state index contributed by atoms with van der Waals surface area (Å²) in [6.07, 6.45) is 1.57. The van der Waals surface area contributed by atoms with E-state index >= 15 is 0 Å². The number of nitrogens with one attached hydrogen (secondary N) is 1. The van der Waals surface area contributed by atoms with Gasteiger partial charge in [-0.1, -0.05) is 18.2 Å². The Morgan fingerprint density at radius 3 is 3.05 bits per heavy atom. The normalized spacial score (nSPS) is 18.7. The molecule has 0 bridgehead atoms. The lowest BCUT2D eigenvalue weighted by atomic mass is 10.2. The van der Waals surface area contributed by atoms with Gasteiger partial charge in [-0.25, -0.2) is 4.98 Å². The Morgan fingerprint density at radius 1 is 1.32 bits per heavy atom. The molecule has 1 aliphatic rings. The van der Waals surface area contributed by atoms with Crippen LogP contribution in [0.5, 0.6) is 0 Å². The first kappa shape index (κ1) is 13.4. The molecule has 4 rings (SSSR count). The van der Waals surface area contributed by atoms with E-state index in [-0.39, 0.29) is 6.10 Å². The predicted octanol–water partition coefficient (Wildman–Crippen LogP) is 1.69. The van der Waals surface area contributed by atoms with Crippen molar-refractivity contribution in [3.63, 3.8) is 0 Å². The Morgan fingerprint density at radius 2 is 2.23 bits per heavy atom. The zero-order chi connectivity index (χ0) is 14.9. The second-order valence-electron chi connectivity index (χ2n) is 5.41. The zero-order valence-corrected chi connectivity index (χ0v) is 12.4. The molecule has 2 aromatic heterocycles. The Kier molecular flexibility index (Phi) is 3.32. The van der Waals surface area contributed by atoms with Gasteiger partial charge in [0.1, 0.15) is 11.8 Å². The van der Waals surface area contributed by atoms with Crippen molar-refractivity contribution >= 4 is 10.9 Å². The third-order valence-corrected chi connectivity index (χ3v) is 4.00. The Hall–Kier alpha value is -2.31. The highest BCUT2D eigenvalue weighted by Crippen LogP contribution is 2.26. The van der Waals surface area contributed by atoms with Crippen molar-refractivity contribution < 1.29 is 4.74 Å². The van der Waals surface area contributed by atoms with Crippen molar-refractivity contribution in [2.45, 2.75) is 6.10 Å². The Balaban J connectivity index is 1.76. The molecule has 112 valence electrons. The molecule has 3 aromatic rings.